The summed E-state index contributed by atoms with van der Waals surface area (Å²) in [5.74, 6) is 0.881. The Balaban J connectivity index is 2.09. The number of hydrogen-bond acceptors (Lipinski definition) is 1. The zero-order valence-electron chi connectivity index (χ0n) is 7.78. The van der Waals surface area contributed by atoms with E-state index in [1.807, 2.05) is 0 Å². The van der Waals surface area contributed by atoms with Crippen LogP contribution < -0.4 is 0 Å². The van der Waals surface area contributed by atoms with Gasteiger partial charge in [-0.2, -0.15) is 0 Å². The summed E-state index contributed by atoms with van der Waals surface area (Å²) < 4.78 is 2.37. The summed E-state index contributed by atoms with van der Waals surface area (Å²) in [6.45, 7) is 0. The van der Waals surface area contributed by atoms with E-state index < -0.39 is 19.8 Å². The first-order chi connectivity index (χ1) is 6.22. The van der Waals surface area contributed by atoms with Crippen molar-refractivity contribution in [1.82, 2.24) is 0 Å². The number of nitriles is 1. The molecule has 13 heavy (non-hydrogen) atoms. The van der Waals surface area contributed by atoms with Crippen LogP contribution in [0.1, 0.15) is 6.42 Å². The molecule has 0 aromatic heterocycles. The molecule has 0 saturated carbocycles. The fourth-order valence-corrected chi connectivity index (χ4v) is 8.11. The van der Waals surface area contributed by atoms with Gasteiger partial charge in [0.25, 0.3) is 0 Å². The van der Waals surface area contributed by atoms with Crippen molar-refractivity contribution in [3.05, 3.63) is 12.2 Å². The fourth-order valence-electron chi connectivity index (χ4n) is 2.00. The van der Waals surface area contributed by atoms with E-state index in [0.717, 1.165) is 10.3 Å². The molecule has 1 saturated heterocycles. The van der Waals surface area contributed by atoms with Crippen molar-refractivity contribution in [3.8, 4) is 6.07 Å². The van der Waals surface area contributed by atoms with E-state index in [9.17, 15) is 0 Å². The minimum atomic E-state index is -0.548. The third-order valence-corrected chi connectivity index (χ3v) is 8.13. The molecule has 1 fully saturated rings. The molecule has 2 radical (unpaired) electrons. The zero-order valence-corrected chi connectivity index (χ0v) is 9.94. The van der Waals surface area contributed by atoms with Gasteiger partial charge < -0.3 is 0 Å². The molecule has 0 amide bonds. The second-order valence-corrected chi connectivity index (χ2v) is 10.0. The van der Waals surface area contributed by atoms with Gasteiger partial charge in [-0.25, -0.2) is 0 Å². The van der Waals surface area contributed by atoms with Crippen LogP contribution in [0.15, 0.2) is 12.2 Å². The number of rotatable bonds is 1. The quantitative estimate of drug-likeness (QED) is 0.313. The van der Waals surface area contributed by atoms with Gasteiger partial charge in [0, 0.05) is 0 Å². The van der Waals surface area contributed by atoms with E-state index in [4.69, 9.17) is 13.1 Å². The van der Waals surface area contributed by atoms with Gasteiger partial charge in [0.2, 0.25) is 0 Å². The monoisotopic (exact) mass is 285 g/mol. The third-order valence-electron chi connectivity index (χ3n) is 2.92. The van der Waals surface area contributed by atoms with Crippen LogP contribution in [0.2, 0.25) is 5.82 Å². The van der Waals surface area contributed by atoms with Crippen LogP contribution in [-0.4, -0.2) is 21.1 Å². The average molecular weight is 285 g/mol. The predicted octanol–water partition coefficient (Wildman–Crippen LogP) is 2.18. The Bertz CT molecular complexity index is 271. The van der Waals surface area contributed by atoms with Gasteiger partial charge in [-0.1, -0.05) is 0 Å². The molecule has 0 aromatic rings. The Labute approximate surface area is 88.4 Å². The molecule has 0 N–H and O–H groups in total. The van der Waals surface area contributed by atoms with Gasteiger partial charge >= 0.3 is 88.5 Å². The number of halogens is 1. The molecule has 4 atom stereocenters. The second kappa shape index (κ2) is 3.64. The molecule has 0 aromatic carbocycles. The topological polar surface area (TPSA) is 23.8 Å². The van der Waals surface area contributed by atoms with Gasteiger partial charge in [0.1, 0.15) is 0 Å². The van der Waals surface area contributed by atoms with E-state index in [-0.39, 0.29) is 11.7 Å². The molecule has 1 heterocycles. The van der Waals surface area contributed by atoms with Gasteiger partial charge in [-0.3, -0.25) is 0 Å². The molecule has 1 aliphatic heterocycles. The van der Waals surface area contributed by atoms with Crippen molar-refractivity contribution in [2.24, 2.45) is 11.8 Å². The number of hydrogen-bond donors (Lipinski definition) is 0. The van der Waals surface area contributed by atoms with E-state index >= 15 is 0 Å². The van der Waals surface area contributed by atoms with Crippen LogP contribution in [0.25, 0.3) is 0 Å². The normalized spacial score (nSPS) is 45.7. The summed E-state index contributed by atoms with van der Waals surface area (Å²) in [4.78, 5) is 2.42. The number of allylic oxidation sites excluding steroid dienone is 2. The van der Waals surface area contributed by atoms with Crippen LogP contribution in [0.4, 0.5) is 0 Å². The Morgan fingerprint density at radius 2 is 2.23 bits per heavy atom. The minimum absolute atomic E-state index is 0.124. The summed E-state index contributed by atoms with van der Waals surface area (Å²) in [6.07, 6.45) is 5.19. The first-order valence-corrected chi connectivity index (χ1v) is 9.53. The molecular formula is C10H13BIN. The number of alkyl halides is 3. The van der Waals surface area contributed by atoms with Crippen molar-refractivity contribution >= 4 is 27.7 Å². The van der Waals surface area contributed by atoms with Crippen LogP contribution in [-0.2, 0) is 0 Å². The van der Waals surface area contributed by atoms with Gasteiger partial charge in [-0.05, 0) is 0 Å². The van der Waals surface area contributed by atoms with Crippen molar-refractivity contribution in [1.29, 1.82) is 5.26 Å². The standard InChI is InChI=1S/C10H13BIN/c1-12-5-10(12)9-3-2-8(11)4-7(9)6-13/h2-3,7-10H,4-5H2,1H3. The van der Waals surface area contributed by atoms with E-state index in [0.29, 0.717) is 5.92 Å². The molecule has 2 aliphatic rings. The van der Waals surface area contributed by atoms with E-state index in [2.05, 4.69) is 23.2 Å². The summed E-state index contributed by atoms with van der Waals surface area (Å²) in [6, 6.07) is 2.42. The Hall–Kier alpha value is 0.0249. The molecule has 1 nitrogen and oxygen atoms in total. The predicted molar refractivity (Wildman–Crippen MR) is 64.5 cm³/mol. The average Bonchev–Trinajstić information content (AvgIpc) is 2.82. The van der Waals surface area contributed by atoms with Crippen molar-refractivity contribution < 1.29 is 0 Å². The van der Waals surface area contributed by atoms with Crippen molar-refractivity contribution in [2.45, 2.75) is 16.2 Å². The van der Waals surface area contributed by atoms with E-state index in [1.165, 1.54) is 4.43 Å². The summed E-state index contributed by atoms with van der Waals surface area (Å²) in [5, 5.41) is 9.02. The first-order valence-electron chi connectivity index (χ1n) is 4.60. The maximum absolute atomic E-state index is 9.02. The Morgan fingerprint density at radius 3 is 2.77 bits per heavy atom. The summed E-state index contributed by atoms with van der Waals surface area (Å²) >= 11 is -0.548. The summed E-state index contributed by atoms with van der Waals surface area (Å²) in [7, 11) is 5.79. The molecule has 0 bridgehead atoms. The van der Waals surface area contributed by atoms with Crippen LogP contribution >= 0.6 is 19.8 Å². The maximum atomic E-state index is 9.02. The van der Waals surface area contributed by atoms with E-state index in [1.54, 1.807) is 0 Å². The van der Waals surface area contributed by atoms with Gasteiger partial charge in [0.05, 0.1) is 0 Å². The molecule has 0 spiro atoms. The SMILES string of the molecule is [B]C1C=CC(C2CI2C)C(C#N)C1. The second-order valence-electron chi connectivity index (χ2n) is 3.91. The molecule has 4 unspecified atom stereocenters. The Morgan fingerprint density at radius 1 is 1.54 bits per heavy atom. The Kier molecular flexibility index (Phi) is 2.68. The van der Waals surface area contributed by atoms with Crippen LogP contribution in [0.3, 0.4) is 0 Å². The molecular weight excluding hydrogens is 272 g/mol. The third kappa shape index (κ3) is 1.93. The van der Waals surface area contributed by atoms with Gasteiger partial charge in [-0.15, -0.1) is 0 Å². The van der Waals surface area contributed by atoms with Gasteiger partial charge in [0.15, 0.2) is 0 Å². The fraction of sp³-hybridized carbons (Fsp3) is 0.700. The van der Waals surface area contributed by atoms with Crippen LogP contribution in [0.5, 0.6) is 0 Å². The molecule has 2 rings (SSSR count). The van der Waals surface area contributed by atoms with Crippen molar-refractivity contribution in [2.75, 3.05) is 9.36 Å². The summed E-state index contributed by atoms with van der Waals surface area (Å²) in [5.41, 5.74) is 0. The van der Waals surface area contributed by atoms with Crippen molar-refractivity contribution in [3.63, 3.8) is 0 Å². The molecule has 3 heteroatoms. The first kappa shape index (κ1) is 9.58. The molecule has 68 valence electrons. The zero-order chi connectivity index (χ0) is 9.42. The molecule has 1 aliphatic carbocycles. The number of nitrogens with zero attached hydrogens (tertiary/aromatic N) is 1. The van der Waals surface area contributed by atoms with Crippen LogP contribution in [0, 0.1) is 23.2 Å².